The molecule has 0 radical (unpaired) electrons. The van der Waals surface area contributed by atoms with Crippen LogP contribution in [-0.4, -0.2) is 43.2 Å². The number of aromatic nitrogens is 1. The molecule has 0 bridgehead atoms. The van der Waals surface area contributed by atoms with Crippen molar-refractivity contribution < 1.29 is 13.5 Å². The van der Waals surface area contributed by atoms with Crippen LogP contribution in [0, 0.1) is 0 Å². The summed E-state index contributed by atoms with van der Waals surface area (Å²) in [6.45, 7) is 0.535. The highest BCUT2D eigenvalue weighted by Crippen LogP contribution is 2.14. The van der Waals surface area contributed by atoms with Crippen molar-refractivity contribution in [3.05, 3.63) is 22.9 Å². The molecule has 0 aliphatic heterocycles. The van der Waals surface area contributed by atoms with E-state index in [4.69, 9.17) is 5.11 Å². The number of halogens is 1. The Kier molecular flexibility index (Phi) is 7.16. The minimum Gasteiger partial charge on any atom is -0.396 e. The highest BCUT2D eigenvalue weighted by Gasteiger charge is 2.13. The molecule has 0 amide bonds. The van der Waals surface area contributed by atoms with Crippen LogP contribution in [0.15, 0.2) is 27.8 Å². The van der Waals surface area contributed by atoms with Crippen LogP contribution in [-0.2, 0) is 10.0 Å². The van der Waals surface area contributed by atoms with Gasteiger partial charge in [0, 0.05) is 35.8 Å². The molecule has 0 aliphatic rings. The normalized spacial score (nSPS) is 11.7. The maximum Gasteiger partial charge on any atom is 0.242 e. The van der Waals surface area contributed by atoms with Crippen LogP contribution in [0.5, 0.6) is 0 Å². The Balaban J connectivity index is 2.41. The third-order valence-electron chi connectivity index (χ3n) is 1.98. The number of nitrogens with zero attached hydrogens (tertiary/aromatic N) is 1. The topological polar surface area (TPSA) is 79.3 Å². The van der Waals surface area contributed by atoms with Crippen LogP contribution >= 0.6 is 27.7 Å². The summed E-state index contributed by atoms with van der Waals surface area (Å²) in [4.78, 5) is 3.97. The molecule has 0 aliphatic carbocycles. The fourth-order valence-corrected chi connectivity index (χ4v) is 3.59. The molecule has 0 atom stereocenters. The second-order valence-electron chi connectivity index (χ2n) is 3.43. The van der Waals surface area contributed by atoms with Crippen LogP contribution < -0.4 is 4.72 Å². The molecule has 5 nitrogen and oxygen atoms in total. The minimum absolute atomic E-state index is 0.150. The van der Waals surface area contributed by atoms with E-state index in [0.717, 1.165) is 12.2 Å². The van der Waals surface area contributed by atoms with Crippen molar-refractivity contribution in [1.82, 2.24) is 9.71 Å². The van der Waals surface area contributed by atoms with Gasteiger partial charge >= 0.3 is 0 Å². The summed E-state index contributed by atoms with van der Waals surface area (Å²) in [5.74, 6) is 1.51. The minimum atomic E-state index is -3.48. The number of hydrogen-bond acceptors (Lipinski definition) is 5. The van der Waals surface area contributed by atoms with Crippen molar-refractivity contribution in [3.8, 4) is 0 Å². The lowest BCUT2D eigenvalue weighted by Gasteiger charge is -2.06. The van der Waals surface area contributed by atoms with E-state index in [1.807, 2.05) is 0 Å². The molecule has 0 saturated heterocycles. The van der Waals surface area contributed by atoms with Gasteiger partial charge in [-0.1, -0.05) is 0 Å². The first-order valence-electron chi connectivity index (χ1n) is 5.35. The smallest absolute Gasteiger partial charge is 0.242 e. The van der Waals surface area contributed by atoms with Crippen molar-refractivity contribution in [1.29, 1.82) is 0 Å². The molecular weight excluding hydrogens is 340 g/mol. The Morgan fingerprint density at radius 2 is 2.17 bits per heavy atom. The predicted molar refractivity (Wildman–Crippen MR) is 76.2 cm³/mol. The van der Waals surface area contributed by atoms with Gasteiger partial charge in [0.05, 0.1) is 0 Å². The van der Waals surface area contributed by atoms with Crippen molar-refractivity contribution in [3.63, 3.8) is 0 Å². The molecule has 8 heteroatoms. The van der Waals surface area contributed by atoms with E-state index in [1.54, 1.807) is 11.8 Å². The van der Waals surface area contributed by atoms with Crippen LogP contribution in [0.3, 0.4) is 0 Å². The largest absolute Gasteiger partial charge is 0.396 e. The highest BCUT2D eigenvalue weighted by molar-refractivity contribution is 9.10. The standard InChI is InChI=1S/C10H15BrN2O3S2/c11-9-6-10(8-12-7-9)18(15,16)13-2-5-17-4-1-3-14/h6-8,13-14H,1-5H2. The average Bonchev–Trinajstić information content (AvgIpc) is 2.33. The lowest BCUT2D eigenvalue weighted by Crippen LogP contribution is -2.26. The molecule has 0 fully saturated rings. The Morgan fingerprint density at radius 3 is 2.83 bits per heavy atom. The Morgan fingerprint density at radius 1 is 1.39 bits per heavy atom. The van der Waals surface area contributed by atoms with Gasteiger partial charge in [0.15, 0.2) is 0 Å². The molecule has 1 aromatic heterocycles. The fourth-order valence-electron chi connectivity index (χ4n) is 1.14. The lowest BCUT2D eigenvalue weighted by molar-refractivity contribution is 0.296. The van der Waals surface area contributed by atoms with E-state index in [-0.39, 0.29) is 11.5 Å². The molecule has 1 aromatic rings. The lowest BCUT2D eigenvalue weighted by atomic mass is 10.5. The fraction of sp³-hybridized carbons (Fsp3) is 0.500. The number of rotatable bonds is 8. The van der Waals surface area contributed by atoms with Gasteiger partial charge in [-0.25, -0.2) is 13.1 Å². The van der Waals surface area contributed by atoms with Crippen LogP contribution in [0.1, 0.15) is 6.42 Å². The molecule has 1 heterocycles. The van der Waals surface area contributed by atoms with Crippen molar-refractivity contribution in [2.24, 2.45) is 0 Å². The summed E-state index contributed by atoms with van der Waals surface area (Å²) < 4.78 is 26.8. The Hall–Kier alpha value is -0.150. The van der Waals surface area contributed by atoms with Crippen LogP contribution in [0.4, 0.5) is 0 Å². The number of hydrogen-bond donors (Lipinski definition) is 2. The highest BCUT2D eigenvalue weighted by atomic mass is 79.9. The number of nitrogens with one attached hydrogen (secondary N) is 1. The third kappa shape index (κ3) is 5.66. The Labute approximate surface area is 120 Å². The maximum atomic E-state index is 11.9. The van der Waals surface area contributed by atoms with E-state index < -0.39 is 10.0 Å². The number of pyridine rings is 1. The molecule has 18 heavy (non-hydrogen) atoms. The zero-order valence-corrected chi connectivity index (χ0v) is 12.9. The van der Waals surface area contributed by atoms with E-state index in [0.29, 0.717) is 16.8 Å². The van der Waals surface area contributed by atoms with E-state index in [2.05, 4.69) is 25.6 Å². The van der Waals surface area contributed by atoms with E-state index in [9.17, 15) is 8.42 Å². The van der Waals surface area contributed by atoms with E-state index >= 15 is 0 Å². The van der Waals surface area contributed by atoms with Gasteiger partial charge in [-0.3, -0.25) is 4.98 Å². The van der Waals surface area contributed by atoms with Crippen LogP contribution in [0.2, 0.25) is 0 Å². The monoisotopic (exact) mass is 354 g/mol. The molecule has 1 rings (SSSR count). The Bertz CT molecular complexity index is 468. The van der Waals surface area contributed by atoms with Crippen molar-refractivity contribution in [2.75, 3.05) is 24.7 Å². The van der Waals surface area contributed by atoms with E-state index in [1.165, 1.54) is 18.5 Å². The zero-order valence-electron chi connectivity index (χ0n) is 9.67. The van der Waals surface area contributed by atoms with Gasteiger partial charge in [0.2, 0.25) is 10.0 Å². The summed E-state index contributed by atoms with van der Waals surface area (Å²) in [5, 5.41) is 8.59. The summed E-state index contributed by atoms with van der Waals surface area (Å²) >= 11 is 4.79. The molecule has 102 valence electrons. The number of sulfonamides is 1. The van der Waals surface area contributed by atoms with Crippen molar-refractivity contribution in [2.45, 2.75) is 11.3 Å². The van der Waals surface area contributed by atoms with Gasteiger partial charge in [0.1, 0.15) is 4.90 Å². The first-order valence-corrected chi connectivity index (χ1v) is 8.78. The molecule has 0 aromatic carbocycles. The second kappa shape index (κ2) is 8.11. The first kappa shape index (κ1) is 15.9. The molecular formula is C10H15BrN2O3S2. The van der Waals surface area contributed by atoms with Gasteiger partial charge in [0.25, 0.3) is 0 Å². The number of aliphatic hydroxyl groups is 1. The summed E-state index contributed by atoms with van der Waals surface area (Å²) in [5.41, 5.74) is 0. The summed E-state index contributed by atoms with van der Waals surface area (Å²) in [7, 11) is -3.48. The van der Waals surface area contributed by atoms with Gasteiger partial charge in [-0.2, -0.15) is 11.8 Å². The predicted octanol–water partition coefficient (Wildman–Crippen LogP) is 1.24. The maximum absolute atomic E-state index is 11.9. The van der Waals surface area contributed by atoms with Crippen molar-refractivity contribution >= 4 is 37.7 Å². The van der Waals surface area contributed by atoms with Gasteiger partial charge in [-0.05, 0) is 34.2 Å². The molecule has 0 spiro atoms. The van der Waals surface area contributed by atoms with Crippen LogP contribution in [0.25, 0.3) is 0 Å². The summed E-state index contributed by atoms with van der Waals surface area (Å²) in [6, 6.07) is 1.51. The molecule has 0 unspecified atom stereocenters. The molecule has 0 saturated carbocycles. The second-order valence-corrected chi connectivity index (χ2v) is 7.33. The summed E-state index contributed by atoms with van der Waals surface area (Å²) in [6.07, 6.45) is 3.57. The number of aliphatic hydroxyl groups excluding tert-OH is 1. The third-order valence-corrected chi connectivity index (χ3v) is 4.91. The van der Waals surface area contributed by atoms with Gasteiger partial charge in [-0.15, -0.1) is 0 Å². The zero-order chi connectivity index (χ0) is 13.4. The number of thioether (sulfide) groups is 1. The van der Waals surface area contributed by atoms with Gasteiger partial charge < -0.3 is 5.11 Å². The quantitative estimate of drug-likeness (QED) is 0.686. The molecule has 2 N–H and O–H groups in total. The SMILES string of the molecule is O=S(=O)(NCCSCCCO)c1cncc(Br)c1. The first-order chi connectivity index (χ1) is 8.56. The average molecular weight is 355 g/mol.